The fourth-order valence-electron chi connectivity index (χ4n) is 2.64. The van der Waals surface area contributed by atoms with E-state index in [-0.39, 0.29) is 28.8 Å². The second-order valence-electron chi connectivity index (χ2n) is 6.45. The average Bonchev–Trinajstić information content (AvgIpc) is 3.45. The highest BCUT2D eigenvalue weighted by Gasteiger charge is 2.28. The molecular weight excluding hydrogens is 387 g/mol. The Labute approximate surface area is 162 Å². The van der Waals surface area contributed by atoms with Crippen LogP contribution in [0.1, 0.15) is 18.4 Å². The number of hydrogen-bond acceptors (Lipinski definition) is 5. The van der Waals surface area contributed by atoms with E-state index in [1.165, 1.54) is 44.6 Å². The molecule has 0 bridgehead atoms. The number of carbonyl (C=O) groups is 1. The smallest absolute Gasteiger partial charge is 0.240 e. The minimum atomic E-state index is -3.67. The molecular formula is C19H21FN2O5S. The third-order valence-corrected chi connectivity index (χ3v) is 5.75. The van der Waals surface area contributed by atoms with Crippen LogP contribution in [0.5, 0.6) is 11.5 Å². The van der Waals surface area contributed by atoms with Crippen LogP contribution in [0, 0.1) is 5.82 Å². The molecule has 0 aromatic heterocycles. The van der Waals surface area contributed by atoms with E-state index < -0.39 is 21.7 Å². The summed E-state index contributed by atoms with van der Waals surface area (Å²) in [6.45, 7) is 0. The first kappa shape index (κ1) is 20.1. The highest BCUT2D eigenvalue weighted by Crippen LogP contribution is 2.29. The highest BCUT2D eigenvalue weighted by atomic mass is 32.2. The van der Waals surface area contributed by atoms with Gasteiger partial charge in [-0.3, -0.25) is 4.79 Å². The van der Waals surface area contributed by atoms with Crippen molar-refractivity contribution in [2.24, 2.45) is 0 Å². The van der Waals surface area contributed by atoms with Crippen molar-refractivity contribution in [2.75, 3.05) is 19.5 Å². The minimum Gasteiger partial charge on any atom is -0.495 e. The summed E-state index contributed by atoms with van der Waals surface area (Å²) in [5, 5.41) is 2.63. The van der Waals surface area contributed by atoms with Gasteiger partial charge in [-0.25, -0.2) is 17.5 Å². The van der Waals surface area contributed by atoms with Gasteiger partial charge in [0.15, 0.2) is 11.6 Å². The molecule has 1 aliphatic carbocycles. The van der Waals surface area contributed by atoms with Crippen LogP contribution in [0.3, 0.4) is 0 Å². The zero-order chi connectivity index (χ0) is 20.3. The number of benzene rings is 2. The van der Waals surface area contributed by atoms with Crippen molar-refractivity contribution in [3.63, 3.8) is 0 Å². The van der Waals surface area contributed by atoms with Crippen molar-refractivity contribution in [3.8, 4) is 11.5 Å². The number of sulfonamides is 1. The highest BCUT2D eigenvalue weighted by molar-refractivity contribution is 7.89. The van der Waals surface area contributed by atoms with Crippen molar-refractivity contribution in [1.29, 1.82) is 0 Å². The van der Waals surface area contributed by atoms with Crippen LogP contribution in [0.4, 0.5) is 10.1 Å². The fourth-order valence-corrected chi connectivity index (χ4v) is 3.97. The first-order valence-corrected chi connectivity index (χ1v) is 10.1. The lowest BCUT2D eigenvalue weighted by Gasteiger charge is -2.13. The Hall–Kier alpha value is -2.65. The number of anilines is 1. The molecule has 150 valence electrons. The summed E-state index contributed by atoms with van der Waals surface area (Å²) in [6.07, 6.45) is 1.54. The van der Waals surface area contributed by atoms with Crippen LogP contribution in [0.2, 0.25) is 0 Å². The van der Waals surface area contributed by atoms with Crippen LogP contribution in [-0.2, 0) is 21.2 Å². The summed E-state index contributed by atoms with van der Waals surface area (Å²) in [5.41, 5.74) is 0.675. The Balaban J connectivity index is 1.77. The molecule has 1 amide bonds. The maximum atomic E-state index is 13.8. The van der Waals surface area contributed by atoms with Gasteiger partial charge in [-0.15, -0.1) is 0 Å². The van der Waals surface area contributed by atoms with Crippen molar-refractivity contribution >= 4 is 21.6 Å². The van der Waals surface area contributed by atoms with E-state index in [1.807, 2.05) is 0 Å². The standard InChI is InChI=1S/C19H21FN2O5S/c1-26-17-7-3-12(9-15(17)20)10-19(23)21-16-11-14(6-8-18(16)27-2)28(24,25)22-13-4-5-13/h3,6-9,11,13,22H,4-5,10H2,1-2H3,(H,21,23). The molecule has 0 aliphatic heterocycles. The van der Waals surface area contributed by atoms with Crippen LogP contribution in [0.15, 0.2) is 41.3 Å². The Morgan fingerprint density at radius 3 is 2.39 bits per heavy atom. The first-order valence-electron chi connectivity index (χ1n) is 8.65. The molecule has 0 unspecified atom stereocenters. The van der Waals surface area contributed by atoms with Gasteiger partial charge in [-0.2, -0.15) is 0 Å². The molecule has 2 aromatic carbocycles. The molecule has 3 rings (SSSR count). The number of amides is 1. The molecule has 2 aromatic rings. The van der Waals surface area contributed by atoms with Gasteiger partial charge in [-0.05, 0) is 48.7 Å². The van der Waals surface area contributed by atoms with Crippen molar-refractivity contribution < 1.29 is 27.1 Å². The van der Waals surface area contributed by atoms with Gasteiger partial charge in [-0.1, -0.05) is 6.07 Å². The van der Waals surface area contributed by atoms with E-state index >= 15 is 0 Å². The normalized spacial score (nSPS) is 13.8. The number of nitrogens with one attached hydrogen (secondary N) is 2. The van der Waals surface area contributed by atoms with Crippen LogP contribution in [0.25, 0.3) is 0 Å². The second-order valence-corrected chi connectivity index (χ2v) is 8.17. The van der Waals surface area contributed by atoms with E-state index in [4.69, 9.17) is 9.47 Å². The largest absolute Gasteiger partial charge is 0.495 e. The molecule has 0 saturated heterocycles. The summed E-state index contributed by atoms with van der Waals surface area (Å²) in [5.74, 6) is -0.594. The second kappa shape index (κ2) is 8.15. The number of rotatable bonds is 8. The van der Waals surface area contributed by atoms with Crippen LogP contribution < -0.4 is 19.5 Å². The predicted molar refractivity (Wildman–Crippen MR) is 102 cm³/mol. The predicted octanol–water partition coefficient (Wildman–Crippen LogP) is 2.46. The molecule has 2 N–H and O–H groups in total. The molecule has 0 spiro atoms. The zero-order valence-electron chi connectivity index (χ0n) is 15.5. The average molecular weight is 408 g/mol. The summed E-state index contributed by atoms with van der Waals surface area (Å²) in [7, 11) is -0.898. The first-order chi connectivity index (χ1) is 13.3. The van der Waals surface area contributed by atoms with Gasteiger partial charge in [0.05, 0.1) is 31.2 Å². The maximum absolute atomic E-state index is 13.8. The lowest BCUT2D eigenvalue weighted by molar-refractivity contribution is -0.115. The van der Waals surface area contributed by atoms with E-state index in [0.717, 1.165) is 12.8 Å². The summed E-state index contributed by atoms with van der Waals surface area (Å²) < 4.78 is 51.2. The van der Waals surface area contributed by atoms with Crippen molar-refractivity contribution in [3.05, 3.63) is 47.8 Å². The molecule has 28 heavy (non-hydrogen) atoms. The van der Waals surface area contributed by atoms with E-state index in [2.05, 4.69) is 10.0 Å². The van der Waals surface area contributed by atoms with Gasteiger partial charge in [0.25, 0.3) is 0 Å². The maximum Gasteiger partial charge on any atom is 0.240 e. The van der Waals surface area contributed by atoms with Crippen molar-refractivity contribution in [1.82, 2.24) is 4.72 Å². The third kappa shape index (κ3) is 4.79. The zero-order valence-corrected chi connectivity index (χ0v) is 16.3. The number of hydrogen-bond donors (Lipinski definition) is 2. The third-order valence-electron chi connectivity index (χ3n) is 4.24. The monoisotopic (exact) mass is 408 g/mol. The number of halogens is 1. The number of methoxy groups -OCH3 is 2. The van der Waals surface area contributed by atoms with Crippen LogP contribution >= 0.6 is 0 Å². The van der Waals surface area contributed by atoms with E-state index in [0.29, 0.717) is 11.3 Å². The SMILES string of the molecule is COc1ccc(CC(=O)Nc2cc(S(=O)(=O)NC3CC3)ccc2OC)cc1F. The summed E-state index contributed by atoms with van der Waals surface area (Å²) in [4.78, 5) is 12.4. The topological polar surface area (TPSA) is 93.7 Å². The summed E-state index contributed by atoms with van der Waals surface area (Å²) >= 11 is 0. The molecule has 9 heteroatoms. The molecule has 0 radical (unpaired) electrons. The van der Waals surface area contributed by atoms with Gasteiger partial charge < -0.3 is 14.8 Å². The fraction of sp³-hybridized carbons (Fsp3) is 0.316. The summed E-state index contributed by atoms with van der Waals surface area (Å²) in [6, 6.07) is 8.44. The van der Waals surface area contributed by atoms with Gasteiger partial charge >= 0.3 is 0 Å². The van der Waals surface area contributed by atoms with Crippen molar-refractivity contribution in [2.45, 2.75) is 30.2 Å². The van der Waals surface area contributed by atoms with Gasteiger partial charge in [0, 0.05) is 6.04 Å². The molecule has 0 atom stereocenters. The van der Waals surface area contributed by atoms with Gasteiger partial charge in [0.2, 0.25) is 15.9 Å². The molecule has 1 fully saturated rings. The molecule has 0 heterocycles. The Bertz CT molecular complexity index is 990. The lowest BCUT2D eigenvalue weighted by Crippen LogP contribution is -2.26. The Morgan fingerprint density at radius 2 is 1.79 bits per heavy atom. The van der Waals surface area contributed by atoms with Crippen LogP contribution in [-0.4, -0.2) is 34.6 Å². The minimum absolute atomic E-state index is 0.0323. The molecule has 1 saturated carbocycles. The number of carbonyl (C=O) groups excluding carboxylic acids is 1. The van der Waals surface area contributed by atoms with Gasteiger partial charge in [0.1, 0.15) is 5.75 Å². The quantitative estimate of drug-likeness (QED) is 0.700. The molecule has 7 nitrogen and oxygen atoms in total. The Kier molecular flexibility index (Phi) is 5.85. The number of ether oxygens (including phenoxy) is 2. The van der Waals surface area contributed by atoms with E-state index in [1.54, 1.807) is 6.07 Å². The molecule has 1 aliphatic rings. The van der Waals surface area contributed by atoms with E-state index in [9.17, 15) is 17.6 Å². The Morgan fingerprint density at radius 1 is 1.11 bits per heavy atom. The lowest BCUT2D eigenvalue weighted by atomic mass is 10.1.